The number of rotatable bonds is 5. The minimum Gasteiger partial charge on any atom is -0.907 e. The number of carboxylic acid groups (broad SMARTS) is 1. The zero-order valence-corrected chi connectivity index (χ0v) is 11.4. The van der Waals surface area contributed by atoms with Crippen LogP contribution in [0.5, 0.6) is 0 Å². The Morgan fingerprint density at radius 3 is 1.76 bits per heavy atom. The van der Waals surface area contributed by atoms with E-state index in [1.165, 1.54) is 6.42 Å². The molecule has 0 heterocycles. The molecule has 7 heteroatoms. The summed E-state index contributed by atoms with van der Waals surface area (Å²) < 4.78 is 0. The van der Waals surface area contributed by atoms with E-state index in [1.807, 2.05) is 0 Å². The van der Waals surface area contributed by atoms with Gasteiger partial charge in [-0.3, -0.25) is 7.32 Å². The minimum atomic E-state index is -2.92. The molecular formula is C10H19BCuO5. The molecule has 0 unspecified atom stereocenters. The topological polar surface area (TPSA) is 109 Å². The quantitative estimate of drug-likeness (QED) is 0.421. The number of carbonyl (C=O) groups is 1. The van der Waals surface area contributed by atoms with Gasteiger partial charge in [0.05, 0.1) is 0 Å². The van der Waals surface area contributed by atoms with Crippen molar-refractivity contribution in [3.05, 3.63) is 0 Å². The maximum absolute atomic E-state index is 10.0. The number of aliphatic carboxylic acids is 1. The number of carbonyl (C=O) groups excluding carboxylic acids is 1. The van der Waals surface area contributed by atoms with Crippen LogP contribution in [-0.2, 0) is 21.9 Å². The van der Waals surface area contributed by atoms with Crippen LogP contribution in [-0.4, -0.2) is 13.3 Å². The number of hydrogen-bond donors (Lipinski definition) is 0. The van der Waals surface area contributed by atoms with Crippen LogP contribution in [0.2, 0.25) is 0 Å². The molecule has 1 radical (unpaired) electrons. The third-order valence-electron chi connectivity index (χ3n) is 1.81. The number of hydrogen-bond acceptors (Lipinski definition) is 5. The van der Waals surface area contributed by atoms with Crippen molar-refractivity contribution in [2.24, 2.45) is 5.41 Å². The molecule has 0 bridgehead atoms. The first-order valence-corrected chi connectivity index (χ1v) is 5.32. The van der Waals surface area contributed by atoms with Gasteiger partial charge in [-0.1, -0.05) is 33.6 Å². The van der Waals surface area contributed by atoms with Gasteiger partial charge in [-0.2, -0.15) is 0 Å². The van der Waals surface area contributed by atoms with Crippen molar-refractivity contribution in [3.8, 4) is 0 Å². The van der Waals surface area contributed by atoms with E-state index in [-0.39, 0.29) is 23.5 Å². The van der Waals surface area contributed by atoms with Crippen molar-refractivity contribution >= 4 is 13.3 Å². The number of unbranched alkanes of at least 4 members (excludes halogenated alkanes) is 2. The minimum absolute atomic E-state index is 0. The van der Waals surface area contributed by atoms with Crippen LogP contribution in [0.4, 0.5) is 0 Å². The molecule has 0 aliphatic heterocycles. The Morgan fingerprint density at radius 2 is 1.47 bits per heavy atom. The first-order chi connectivity index (χ1) is 7.15. The summed E-state index contributed by atoms with van der Waals surface area (Å²) in [6, 6.07) is 0. The Morgan fingerprint density at radius 1 is 1.06 bits per heavy atom. The Balaban J connectivity index is -0.000000340. The first kappa shape index (κ1) is 22.1. The van der Waals surface area contributed by atoms with Crippen molar-refractivity contribution in [1.29, 1.82) is 0 Å². The monoisotopic (exact) mass is 293 g/mol. The van der Waals surface area contributed by atoms with Gasteiger partial charge in [0.15, 0.2) is 0 Å². The fourth-order valence-corrected chi connectivity index (χ4v) is 1.10. The molecule has 17 heavy (non-hydrogen) atoms. The predicted octanol–water partition coefficient (Wildman–Crippen LogP) is -2.22. The normalized spacial score (nSPS) is 9.76. The van der Waals surface area contributed by atoms with Gasteiger partial charge in [0.2, 0.25) is 0 Å². The van der Waals surface area contributed by atoms with Crippen LogP contribution < -0.4 is 20.2 Å². The molecule has 0 aliphatic rings. The van der Waals surface area contributed by atoms with Crippen LogP contribution in [0.1, 0.15) is 52.9 Å². The molecule has 0 aromatic heterocycles. The van der Waals surface area contributed by atoms with Crippen molar-refractivity contribution < 1.29 is 42.0 Å². The Hall–Kier alpha value is -0.0656. The second-order valence-electron chi connectivity index (χ2n) is 4.78. The molecule has 0 N–H and O–H groups in total. The molecule has 5 nitrogen and oxygen atoms in total. The van der Waals surface area contributed by atoms with Gasteiger partial charge in [0, 0.05) is 5.97 Å². The van der Waals surface area contributed by atoms with Gasteiger partial charge < -0.3 is 25.0 Å². The Bertz CT molecular complexity index is 179. The summed E-state index contributed by atoms with van der Waals surface area (Å²) >= 11 is 0. The third kappa shape index (κ3) is 38.8. The summed E-state index contributed by atoms with van der Waals surface area (Å²) in [7, 11) is -2.92. The largest absolute Gasteiger partial charge is 4.00 e. The molecule has 0 spiro atoms. The standard InChI is InChI=1S/C10H20O2.BO3.Cu/c1-10(2,3)8-6-4-5-7-9(11)12;2-1(3)4;/h4-8H2,1-3H3,(H,11,12);;/q;-3;+4/p-1. The Kier molecular flexibility index (Phi) is 16.1. The summed E-state index contributed by atoms with van der Waals surface area (Å²) in [5.41, 5.74) is 0.376. The molecule has 0 saturated carbocycles. The molecule has 0 saturated heterocycles. The molecule has 103 valence electrons. The number of carboxylic acids is 1. The van der Waals surface area contributed by atoms with E-state index < -0.39 is 13.3 Å². The predicted molar refractivity (Wildman–Crippen MR) is 53.3 cm³/mol. The van der Waals surface area contributed by atoms with E-state index in [0.29, 0.717) is 5.41 Å². The summed E-state index contributed by atoms with van der Waals surface area (Å²) in [6.07, 6.45) is 4.27. The fourth-order valence-electron chi connectivity index (χ4n) is 1.10. The van der Waals surface area contributed by atoms with E-state index in [0.717, 1.165) is 19.3 Å². The van der Waals surface area contributed by atoms with Crippen molar-refractivity contribution in [2.75, 3.05) is 0 Å². The van der Waals surface area contributed by atoms with Gasteiger partial charge in [-0.15, -0.1) is 0 Å². The van der Waals surface area contributed by atoms with Crippen LogP contribution in [0, 0.1) is 5.41 Å². The van der Waals surface area contributed by atoms with Crippen LogP contribution in [0.15, 0.2) is 0 Å². The van der Waals surface area contributed by atoms with Crippen LogP contribution in [0.3, 0.4) is 0 Å². The van der Waals surface area contributed by atoms with Crippen molar-refractivity contribution in [3.63, 3.8) is 0 Å². The zero-order valence-electron chi connectivity index (χ0n) is 10.5. The molecule has 0 amide bonds. The van der Waals surface area contributed by atoms with Gasteiger partial charge in [0.1, 0.15) is 0 Å². The maximum atomic E-state index is 10.0. The van der Waals surface area contributed by atoms with Gasteiger partial charge in [-0.25, -0.2) is 0 Å². The summed E-state index contributed by atoms with van der Waals surface area (Å²) in [5, 5.41) is 35.3. The maximum Gasteiger partial charge on any atom is 4.00 e. The van der Waals surface area contributed by atoms with E-state index in [2.05, 4.69) is 20.8 Å². The zero-order chi connectivity index (χ0) is 13.2. The molecular weight excluding hydrogens is 274 g/mol. The Labute approximate surface area is 114 Å². The third-order valence-corrected chi connectivity index (χ3v) is 1.81. The van der Waals surface area contributed by atoms with E-state index in [9.17, 15) is 9.90 Å². The van der Waals surface area contributed by atoms with Gasteiger partial charge >= 0.3 is 17.1 Å². The molecule has 0 aromatic carbocycles. The molecule has 0 atom stereocenters. The average molecular weight is 294 g/mol. The van der Waals surface area contributed by atoms with Crippen molar-refractivity contribution in [1.82, 2.24) is 0 Å². The average Bonchev–Trinajstić information content (AvgIpc) is 1.99. The molecule has 0 rings (SSSR count). The van der Waals surface area contributed by atoms with E-state index >= 15 is 0 Å². The van der Waals surface area contributed by atoms with Gasteiger partial charge in [0.25, 0.3) is 0 Å². The summed E-state index contributed by atoms with van der Waals surface area (Å²) in [4.78, 5) is 10.0. The first-order valence-electron chi connectivity index (χ1n) is 5.32. The van der Waals surface area contributed by atoms with Crippen LogP contribution >= 0.6 is 0 Å². The molecule has 0 fully saturated rings. The van der Waals surface area contributed by atoms with E-state index in [1.54, 1.807) is 0 Å². The van der Waals surface area contributed by atoms with Crippen molar-refractivity contribution in [2.45, 2.75) is 52.9 Å². The molecule has 0 aromatic rings. The fraction of sp³-hybridized carbons (Fsp3) is 0.900. The molecule has 0 aliphatic carbocycles. The second-order valence-corrected chi connectivity index (χ2v) is 4.78. The summed E-state index contributed by atoms with van der Waals surface area (Å²) in [6.45, 7) is 6.60. The summed E-state index contributed by atoms with van der Waals surface area (Å²) in [5.74, 6) is -0.925. The van der Waals surface area contributed by atoms with Crippen LogP contribution in [0.25, 0.3) is 0 Å². The van der Waals surface area contributed by atoms with E-state index in [4.69, 9.17) is 15.1 Å². The van der Waals surface area contributed by atoms with Gasteiger partial charge in [-0.05, 0) is 24.7 Å². The smallest absolute Gasteiger partial charge is 0.907 e. The SMILES string of the molecule is CC(C)(C)CCCCCC(=O)[O-].[Cu+4].[O-]B([O-])[O-]. The second kappa shape index (κ2) is 12.4.